The Bertz CT molecular complexity index is 573. The van der Waals surface area contributed by atoms with Crippen molar-refractivity contribution in [3.05, 3.63) is 28.2 Å². The molecule has 0 saturated heterocycles. The fourth-order valence-electron chi connectivity index (χ4n) is 2.68. The molecule has 120 valence electrons. The van der Waals surface area contributed by atoms with E-state index in [0.717, 1.165) is 10.6 Å². The second-order valence-electron chi connectivity index (χ2n) is 5.62. The Morgan fingerprint density at radius 2 is 1.77 bits per heavy atom. The summed E-state index contributed by atoms with van der Waals surface area (Å²) in [6, 6.07) is 5.40. The average molecular weight is 363 g/mol. The molecule has 0 amide bonds. The van der Waals surface area contributed by atoms with Crippen LogP contribution in [0.15, 0.2) is 23.1 Å². The smallest absolute Gasteiger partial charge is 0.307 e. The standard InChI is InChI=1S/C15H16Cl2O4S/c1-7(4-9-12(14(18)19)13(9)15(20)21)6-22-8-2-3-10(16)11(17)5-8/h2-3,5,7,9,12-13H,4,6H2,1H3,(H,18,19)(H,20,21). The van der Waals surface area contributed by atoms with E-state index in [0.29, 0.717) is 16.5 Å². The van der Waals surface area contributed by atoms with Gasteiger partial charge in [-0.3, -0.25) is 9.59 Å². The first-order chi connectivity index (χ1) is 10.3. The first-order valence-corrected chi connectivity index (χ1v) is 8.59. The highest BCUT2D eigenvalue weighted by atomic mass is 35.5. The lowest BCUT2D eigenvalue weighted by atomic mass is 10.0. The van der Waals surface area contributed by atoms with E-state index in [1.807, 2.05) is 13.0 Å². The minimum atomic E-state index is -1.01. The maximum atomic E-state index is 11.0. The highest BCUT2D eigenvalue weighted by Crippen LogP contribution is 2.50. The topological polar surface area (TPSA) is 74.6 Å². The van der Waals surface area contributed by atoms with Gasteiger partial charge in [0.05, 0.1) is 21.9 Å². The van der Waals surface area contributed by atoms with Gasteiger partial charge in [-0.15, -0.1) is 11.8 Å². The van der Waals surface area contributed by atoms with Crippen molar-refractivity contribution < 1.29 is 19.8 Å². The molecule has 1 aliphatic rings. The highest BCUT2D eigenvalue weighted by Gasteiger charge is 2.59. The van der Waals surface area contributed by atoms with Gasteiger partial charge in [0, 0.05) is 10.6 Å². The molecule has 0 heterocycles. The van der Waals surface area contributed by atoms with Crippen LogP contribution in [0, 0.1) is 23.7 Å². The number of benzene rings is 1. The number of hydrogen-bond acceptors (Lipinski definition) is 3. The number of carboxylic acids is 2. The summed E-state index contributed by atoms with van der Waals surface area (Å²) in [5.74, 6) is -2.78. The normalized spacial score (nSPS) is 24.8. The Hall–Kier alpha value is -0.910. The zero-order valence-electron chi connectivity index (χ0n) is 11.8. The van der Waals surface area contributed by atoms with E-state index in [4.69, 9.17) is 33.4 Å². The van der Waals surface area contributed by atoms with E-state index in [9.17, 15) is 9.59 Å². The second kappa shape index (κ2) is 7.11. The van der Waals surface area contributed by atoms with Gasteiger partial charge in [0.15, 0.2) is 0 Å². The molecule has 0 aromatic heterocycles. The molecular formula is C15H16Cl2O4S. The molecule has 4 nitrogen and oxygen atoms in total. The summed E-state index contributed by atoms with van der Waals surface area (Å²) in [5, 5.41) is 19.1. The number of carboxylic acid groups (broad SMARTS) is 2. The predicted molar refractivity (Wildman–Crippen MR) is 86.7 cm³/mol. The summed E-state index contributed by atoms with van der Waals surface area (Å²) in [4.78, 5) is 23.0. The number of rotatable bonds is 7. The summed E-state index contributed by atoms with van der Waals surface area (Å²) >= 11 is 13.4. The average Bonchev–Trinajstić information content (AvgIpc) is 3.14. The summed E-state index contributed by atoms with van der Waals surface area (Å²) in [7, 11) is 0. The van der Waals surface area contributed by atoms with Crippen molar-refractivity contribution in [2.24, 2.45) is 23.7 Å². The Morgan fingerprint density at radius 1 is 1.18 bits per heavy atom. The van der Waals surface area contributed by atoms with Crippen LogP contribution in [0.2, 0.25) is 10.0 Å². The lowest BCUT2D eigenvalue weighted by Gasteiger charge is -2.11. The lowest BCUT2D eigenvalue weighted by molar-refractivity contribution is -0.144. The van der Waals surface area contributed by atoms with Crippen molar-refractivity contribution in [3.8, 4) is 0 Å². The minimum absolute atomic E-state index is 0.218. The van der Waals surface area contributed by atoms with E-state index >= 15 is 0 Å². The first-order valence-electron chi connectivity index (χ1n) is 6.84. The first kappa shape index (κ1) is 17.4. The molecular weight excluding hydrogens is 347 g/mol. The number of carbonyl (C=O) groups is 2. The van der Waals surface area contributed by atoms with Crippen molar-refractivity contribution in [1.29, 1.82) is 0 Å². The van der Waals surface area contributed by atoms with Crippen molar-refractivity contribution in [3.63, 3.8) is 0 Å². The Morgan fingerprint density at radius 3 is 2.27 bits per heavy atom. The van der Waals surface area contributed by atoms with Crippen molar-refractivity contribution in [1.82, 2.24) is 0 Å². The molecule has 7 heteroatoms. The van der Waals surface area contributed by atoms with Gasteiger partial charge in [-0.1, -0.05) is 30.1 Å². The zero-order valence-corrected chi connectivity index (χ0v) is 14.2. The summed E-state index contributed by atoms with van der Waals surface area (Å²) in [5.41, 5.74) is 0. The molecule has 2 N–H and O–H groups in total. The molecule has 22 heavy (non-hydrogen) atoms. The van der Waals surface area contributed by atoms with Gasteiger partial charge in [0.2, 0.25) is 0 Å². The van der Waals surface area contributed by atoms with Gasteiger partial charge < -0.3 is 10.2 Å². The molecule has 1 aliphatic carbocycles. The number of aliphatic carboxylic acids is 2. The van der Waals surface area contributed by atoms with Crippen LogP contribution in [0.4, 0.5) is 0 Å². The number of halogens is 2. The van der Waals surface area contributed by atoms with Crippen LogP contribution in [-0.2, 0) is 9.59 Å². The number of thioether (sulfide) groups is 1. The molecule has 0 bridgehead atoms. The lowest BCUT2D eigenvalue weighted by Crippen LogP contribution is -2.05. The molecule has 0 radical (unpaired) electrons. The SMILES string of the molecule is CC(CSc1ccc(Cl)c(Cl)c1)CC1C(C(=O)O)C1C(=O)O. The van der Waals surface area contributed by atoms with E-state index in [1.165, 1.54) is 0 Å². The molecule has 1 aromatic carbocycles. The molecule has 0 aliphatic heterocycles. The van der Waals surface area contributed by atoms with Crippen LogP contribution in [0.1, 0.15) is 13.3 Å². The molecule has 1 aromatic rings. The van der Waals surface area contributed by atoms with Gasteiger partial charge in [0.1, 0.15) is 0 Å². The van der Waals surface area contributed by atoms with Crippen LogP contribution < -0.4 is 0 Å². The Kier molecular flexibility index (Phi) is 5.64. The third kappa shape index (κ3) is 4.09. The molecule has 1 fully saturated rings. The van der Waals surface area contributed by atoms with Crippen LogP contribution in [0.3, 0.4) is 0 Å². The van der Waals surface area contributed by atoms with Crippen LogP contribution in [0.5, 0.6) is 0 Å². The van der Waals surface area contributed by atoms with Gasteiger partial charge in [-0.05, 0) is 36.5 Å². The maximum absolute atomic E-state index is 11.0. The predicted octanol–water partition coefficient (Wildman–Crippen LogP) is 4.14. The number of hydrogen-bond donors (Lipinski definition) is 2. The second-order valence-corrected chi connectivity index (χ2v) is 7.53. The summed E-state index contributed by atoms with van der Waals surface area (Å²) < 4.78 is 0. The van der Waals surface area contributed by atoms with Gasteiger partial charge in [-0.2, -0.15) is 0 Å². The Balaban J connectivity index is 1.85. The van der Waals surface area contributed by atoms with Crippen molar-refractivity contribution >= 4 is 46.9 Å². The van der Waals surface area contributed by atoms with E-state index in [-0.39, 0.29) is 11.8 Å². The molecule has 3 atom stereocenters. The van der Waals surface area contributed by atoms with Crippen molar-refractivity contribution in [2.45, 2.75) is 18.2 Å². The zero-order chi connectivity index (χ0) is 16.4. The van der Waals surface area contributed by atoms with Crippen LogP contribution in [0.25, 0.3) is 0 Å². The largest absolute Gasteiger partial charge is 0.481 e. The van der Waals surface area contributed by atoms with E-state index in [2.05, 4.69) is 0 Å². The molecule has 3 unspecified atom stereocenters. The highest BCUT2D eigenvalue weighted by molar-refractivity contribution is 7.99. The fourth-order valence-corrected chi connectivity index (χ4v) is 4.02. The fraction of sp³-hybridized carbons (Fsp3) is 0.467. The van der Waals surface area contributed by atoms with Gasteiger partial charge in [-0.25, -0.2) is 0 Å². The summed E-state index contributed by atoms with van der Waals surface area (Å²) in [6.07, 6.45) is 0.599. The monoisotopic (exact) mass is 362 g/mol. The van der Waals surface area contributed by atoms with Crippen LogP contribution in [-0.4, -0.2) is 27.9 Å². The van der Waals surface area contributed by atoms with Crippen molar-refractivity contribution in [2.75, 3.05) is 5.75 Å². The van der Waals surface area contributed by atoms with Gasteiger partial charge in [0.25, 0.3) is 0 Å². The molecule has 1 saturated carbocycles. The van der Waals surface area contributed by atoms with Crippen LogP contribution >= 0.6 is 35.0 Å². The molecule has 0 spiro atoms. The third-order valence-corrected chi connectivity index (χ3v) is 5.90. The van der Waals surface area contributed by atoms with E-state index < -0.39 is 23.8 Å². The third-order valence-electron chi connectivity index (χ3n) is 3.84. The van der Waals surface area contributed by atoms with E-state index in [1.54, 1.807) is 23.9 Å². The quantitative estimate of drug-likeness (QED) is 0.712. The maximum Gasteiger partial charge on any atom is 0.307 e. The van der Waals surface area contributed by atoms with Gasteiger partial charge >= 0.3 is 11.9 Å². The Labute approximate surface area is 142 Å². The summed E-state index contributed by atoms with van der Waals surface area (Å²) in [6.45, 7) is 2.00. The minimum Gasteiger partial charge on any atom is -0.481 e. The molecule has 2 rings (SSSR count).